The number of carbonyl (C=O) groups excluding carboxylic acids is 1. The Morgan fingerprint density at radius 2 is 0.841 bits per heavy atom. The smallest absolute Gasteiger partial charge is 0.251 e. The van der Waals surface area contributed by atoms with Gasteiger partial charge in [-0.05, 0) is 72.9 Å². The fourth-order valence-electron chi connectivity index (χ4n) is 3.87. The Labute approximate surface area is 267 Å². The van der Waals surface area contributed by atoms with Crippen molar-refractivity contribution in [2.45, 2.75) is 83.1 Å². The monoisotopic (exact) mass is 599 g/mol. The van der Waals surface area contributed by atoms with E-state index < -0.39 is 0 Å². The number of fused-ring (bicyclic) bond motifs is 2. The van der Waals surface area contributed by atoms with Gasteiger partial charge < -0.3 is 15.5 Å². The highest BCUT2D eigenvalue weighted by atomic mass is 16.3. The van der Waals surface area contributed by atoms with Gasteiger partial charge in [-0.2, -0.15) is 0 Å². The van der Waals surface area contributed by atoms with Crippen LogP contribution in [-0.4, -0.2) is 23.2 Å². The first kappa shape index (κ1) is 41.8. The summed E-state index contributed by atoms with van der Waals surface area (Å²) < 4.78 is 0. The maximum Gasteiger partial charge on any atom is 0.251 e. The van der Waals surface area contributed by atoms with Gasteiger partial charge in [-0.15, -0.1) is 0 Å². The van der Waals surface area contributed by atoms with E-state index in [-0.39, 0.29) is 5.91 Å². The maximum atomic E-state index is 10.9. The second-order valence-electron chi connectivity index (χ2n) is 8.72. The van der Waals surface area contributed by atoms with E-state index in [2.05, 4.69) is 17.4 Å². The summed E-state index contributed by atoms with van der Waals surface area (Å²) in [6, 6.07) is 29.1. The first-order valence-electron chi connectivity index (χ1n) is 15.9. The molecule has 0 saturated carbocycles. The van der Waals surface area contributed by atoms with Crippen LogP contribution in [0.5, 0.6) is 11.5 Å². The number of aryl methyl sites for hydroxylation is 2. The summed E-state index contributed by atoms with van der Waals surface area (Å²) in [5.41, 5.74) is 4.91. The SMILES string of the molecule is CC.CC.CC.CC.CNC(=O)c1ccccc1.Cc1cc2ccccc2c(O)c1C.Cc1cc2ccccc2c(O)c1C. The van der Waals surface area contributed by atoms with Crippen LogP contribution in [0.1, 0.15) is 88.0 Å². The molecule has 0 bridgehead atoms. The fraction of sp³-hybridized carbons (Fsp3) is 0.325. The van der Waals surface area contributed by atoms with Crippen LogP contribution in [0.2, 0.25) is 0 Å². The Morgan fingerprint density at radius 1 is 0.523 bits per heavy atom. The van der Waals surface area contributed by atoms with Gasteiger partial charge in [-0.1, -0.05) is 134 Å². The summed E-state index contributed by atoms with van der Waals surface area (Å²) in [7, 11) is 1.62. The zero-order valence-corrected chi connectivity index (χ0v) is 29.5. The molecule has 240 valence electrons. The van der Waals surface area contributed by atoms with Crippen molar-refractivity contribution >= 4 is 27.5 Å². The third kappa shape index (κ3) is 12.5. The van der Waals surface area contributed by atoms with Crippen LogP contribution in [0.15, 0.2) is 91.0 Å². The van der Waals surface area contributed by atoms with E-state index in [9.17, 15) is 15.0 Å². The molecule has 4 heteroatoms. The number of phenols is 2. The number of aromatic hydroxyl groups is 2. The molecule has 0 heterocycles. The predicted molar refractivity (Wildman–Crippen MR) is 195 cm³/mol. The molecule has 0 aromatic heterocycles. The molecule has 5 aromatic carbocycles. The average molecular weight is 600 g/mol. The largest absolute Gasteiger partial charge is 0.507 e. The summed E-state index contributed by atoms with van der Waals surface area (Å²) in [5.74, 6) is 0.784. The number of amides is 1. The normalized spacial score (nSPS) is 8.84. The summed E-state index contributed by atoms with van der Waals surface area (Å²) in [6.45, 7) is 23.9. The number of hydrogen-bond donors (Lipinski definition) is 3. The van der Waals surface area contributed by atoms with E-state index in [1.807, 2.05) is 150 Å². The zero-order chi connectivity index (χ0) is 34.2. The predicted octanol–water partition coefficient (Wildman–Crippen LogP) is 11.5. The molecule has 5 rings (SSSR count). The van der Waals surface area contributed by atoms with Crippen LogP contribution >= 0.6 is 0 Å². The van der Waals surface area contributed by atoms with E-state index in [4.69, 9.17) is 0 Å². The molecule has 0 unspecified atom stereocenters. The second kappa shape index (κ2) is 24.2. The molecule has 0 fully saturated rings. The summed E-state index contributed by atoms with van der Waals surface area (Å²) in [5, 5.41) is 26.3. The molecular weight excluding hydrogens is 542 g/mol. The number of hydrogen-bond acceptors (Lipinski definition) is 3. The van der Waals surface area contributed by atoms with Gasteiger partial charge in [-0.25, -0.2) is 0 Å². The number of nitrogens with one attached hydrogen (secondary N) is 1. The number of phenolic OH excluding ortho intramolecular Hbond substituents is 2. The lowest BCUT2D eigenvalue weighted by Crippen LogP contribution is -2.17. The molecule has 3 N–H and O–H groups in total. The first-order valence-corrected chi connectivity index (χ1v) is 15.9. The molecule has 0 spiro atoms. The molecular formula is C40H57NO3. The van der Waals surface area contributed by atoms with Crippen LogP contribution in [0.4, 0.5) is 0 Å². The second-order valence-corrected chi connectivity index (χ2v) is 8.72. The minimum absolute atomic E-state index is 0.0411. The highest BCUT2D eigenvalue weighted by Crippen LogP contribution is 2.31. The summed E-state index contributed by atoms with van der Waals surface area (Å²) >= 11 is 0. The van der Waals surface area contributed by atoms with Gasteiger partial charge in [0.25, 0.3) is 5.91 Å². The standard InChI is InChI=1S/2C12H12O.C8H9NO.4C2H6/c2*1-8-7-10-5-3-4-6-11(10)12(13)9(8)2;1-9-8(10)7-5-3-2-4-6-7;4*1-2/h2*3-7,13H,1-2H3;2-6H,1H3,(H,9,10);4*1-2H3. The molecule has 0 saturated heterocycles. The van der Waals surface area contributed by atoms with E-state index in [1.54, 1.807) is 19.2 Å². The molecule has 1 amide bonds. The molecule has 0 radical (unpaired) electrons. The lowest BCUT2D eigenvalue weighted by atomic mass is 10.0. The van der Waals surface area contributed by atoms with Crippen LogP contribution in [-0.2, 0) is 0 Å². The van der Waals surface area contributed by atoms with Crippen LogP contribution in [0, 0.1) is 27.7 Å². The number of rotatable bonds is 1. The van der Waals surface area contributed by atoms with Gasteiger partial charge in [0.05, 0.1) is 0 Å². The molecule has 0 aliphatic heterocycles. The van der Waals surface area contributed by atoms with E-state index >= 15 is 0 Å². The van der Waals surface area contributed by atoms with E-state index in [1.165, 1.54) is 0 Å². The highest BCUT2D eigenvalue weighted by Gasteiger charge is 2.05. The topological polar surface area (TPSA) is 69.6 Å². The van der Waals surface area contributed by atoms with Gasteiger partial charge in [0.15, 0.2) is 0 Å². The summed E-state index contributed by atoms with van der Waals surface area (Å²) in [4.78, 5) is 10.9. The van der Waals surface area contributed by atoms with Crippen molar-refractivity contribution < 1.29 is 15.0 Å². The van der Waals surface area contributed by atoms with Crippen molar-refractivity contribution in [2.75, 3.05) is 7.05 Å². The molecule has 0 aliphatic carbocycles. The van der Waals surface area contributed by atoms with E-state index in [0.717, 1.165) is 43.8 Å². The van der Waals surface area contributed by atoms with Crippen molar-refractivity contribution in [3.05, 3.63) is 119 Å². The number of carbonyl (C=O) groups is 1. The van der Waals surface area contributed by atoms with Crippen LogP contribution in [0.25, 0.3) is 21.5 Å². The Hall–Kier alpha value is -4.31. The third-order valence-electron chi connectivity index (χ3n) is 6.33. The van der Waals surface area contributed by atoms with Crippen molar-refractivity contribution in [1.29, 1.82) is 0 Å². The minimum Gasteiger partial charge on any atom is -0.507 e. The Morgan fingerprint density at radius 3 is 1.18 bits per heavy atom. The zero-order valence-electron chi connectivity index (χ0n) is 29.5. The lowest BCUT2D eigenvalue weighted by Gasteiger charge is -2.07. The van der Waals surface area contributed by atoms with Crippen molar-refractivity contribution in [3.8, 4) is 11.5 Å². The van der Waals surface area contributed by atoms with Crippen molar-refractivity contribution in [2.24, 2.45) is 0 Å². The van der Waals surface area contributed by atoms with Gasteiger partial charge >= 0.3 is 0 Å². The maximum absolute atomic E-state index is 10.9. The average Bonchev–Trinajstić information content (AvgIpc) is 3.10. The van der Waals surface area contributed by atoms with Gasteiger partial charge in [0.2, 0.25) is 0 Å². The molecule has 5 aromatic rings. The highest BCUT2D eigenvalue weighted by molar-refractivity contribution is 5.94. The summed E-state index contributed by atoms with van der Waals surface area (Å²) in [6.07, 6.45) is 0. The van der Waals surface area contributed by atoms with Crippen LogP contribution < -0.4 is 5.32 Å². The van der Waals surface area contributed by atoms with Crippen molar-refractivity contribution in [1.82, 2.24) is 5.32 Å². The molecule has 0 aliphatic rings. The van der Waals surface area contributed by atoms with Gasteiger partial charge in [-0.3, -0.25) is 4.79 Å². The molecule has 44 heavy (non-hydrogen) atoms. The third-order valence-corrected chi connectivity index (χ3v) is 6.33. The van der Waals surface area contributed by atoms with Crippen LogP contribution in [0.3, 0.4) is 0 Å². The number of benzene rings is 5. The Bertz CT molecular complexity index is 1400. The quantitative estimate of drug-likeness (QED) is 0.179. The lowest BCUT2D eigenvalue weighted by molar-refractivity contribution is 0.0963. The van der Waals surface area contributed by atoms with Gasteiger partial charge in [0.1, 0.15) is 11.5 Å². The molecule has 0 atom stereocenters. The van der Waals surface area contributed by atoms with E-state index in [0.29, 0.717) is 17.1 Å². The minimum atomic E-state index is -0.0411. The molecule has 4 nitrogen and oxygen atoms in total. The Kier molecular flexibility index (Phi) is 23.0. The first-order chi connectivity index (χ1) is 21.2. The fourth-order valence-corrected chi connectivity index (χ4v) is 3.87. The van der Waals surface area contributed by atoms with Gasteiger partial charge in [0, 0.05) is 23.4 Å². The Balaban J connectivity index is 0. The van der Waals surface area contributed by atoms with Crippen molar-refractivity contribution in [3.63, 3.8) is 0 Å².